The molecule has 0 bridgehead atoms. The van der Waals surface area contributed by atoms with Crippen LogP contribution in [0.1, 0.15) is 6.92 Å². The third kappa shape index (κ3) is 3.38. The molecule has 8 heteroatoms. The fraction of sp³-hybridized carbons (Fsp3) is 0.800. The van der Waals surface area contributed by atoms with Gasteiger partial charge in [0, 0.05) is 6.92 Å². The Kier molecular flexibility index (Phi) is 5.46. The molecule has 0 aliphatic carbocycles. The van der Waals surface area contributed by atoms with Gasteiger partial charge in [0.2, 0.25) is 5.91 Å². The predicted molar refractivity (Wildman–Crippen MR) is 56.9 cm³/mol. The summed E-state index contributed by atoms with van der Waals surface area (Å²) in [4.78, 5) is 11.0. The van der Waals surface area contributed by atoms with Crippen LogP contribution in [0.25, 0.3) is 0 Å². The second kappa shape index (κ2) is 6.63. The summed E-state index contributed by atoms with van der Waals surface area (Å²) in [5.74, 6) is -0.442. The highest BCUT2D eigenvalue weighted by molar-refractivity contribution is 5.73. The number of amides is 1. The van der Waals surface area contributed by atoms with Crippen LogP contribution in [0.3, 0.4) is 0 Å². The van der Waals surface area contributed by atoms with Crippen molar-refractivity contribution in [2.45, 2.75) is 37.6 Å². The quantitative estimate of drug-likeness (QED) is 0.438. The minimum atomic E-state index is -1.43. The van der Waals surface area contributed by atoms with Gasteiger partial charge in [-0.15, -0.1) is 0 Å². The Morgan fingerprint density at radius 1 is 1.56 bits per heavy atom. The lowest BCUT2D eigenvalue weighted by Gasteiger charge is -2.42. The predicted octanol–water partition coefficient (Wildman–Crippen LogP) is -2.53. The number of aliphatic hydroxyl groups excluding tert-OH is 3. The summed E-state index contributed by atoms with van der Waals surface area (Å²) in [6, 6.07) is 0.720. The monoisotopic (exact) mass is 260 g/mol. The Bertz CT molecular complexity index is 331. The molecule has 1 heterocycles. The Labute approximate surface area is 104 Å². The number of ether oxygens (including phenoxy) is 2. The van der Waals surface area contributed by atoms with E-state index in [0.717, 1.165) is 0 Å². The first kappa shape index (κ1) is 14.8. The average molecular weight is 260 g/mol. The number of aliphatic hydroxyl groups is 3. The van der Waals surface area contributed by atoms with Crippen molar-refractivity contribution in [1.29, 1.82) is 5.26 Å². The van der Waals surface area contributed by atoms with Crippen molar-refractivity contribution in [3.05, 3.63) is 0 Å². The van der Waals surface area contributed by atoms with Crippen LogP contribution >= 0.6 is 0 Å². The summed E-state index contributed by atoms with van der Waals surface area (Å²) in [5.41, 5.74) is 0. The van der Waals surface area contributed by atoms with Crippen LogP contribution in [-0.2, 0) is 14.3 Å². The molecule has 0 aromatic rings. The number of rotatable bonds is 4. The van der Waals surface area contributed by atoms with Gasteiger partial charge in [0.15, 0.2) is 6.29 Å². The Morgan fingerprint density at radius 2 is 2.22 bits per heavy atom. The number of nitrogens with zero attached hydrogens (tertiary/aromatic N) is 1. The molecular formula is C10H16N2O6. The van der Waals surface area contributed by atoms with Gasteiger partial charge >= 0.3 is 0 Å². The molecule has 0 spiro atoms. The molecule has 8 nitrogen and oxygen atoms in total. The maximum atomic E-state index is 11.0. The van der Waals surface area contributed by atoms with Gasteiger partial charge in [-0.1, -0.05) is 0 Å². The molecule has 1 fully saturated rings. The smallest absolute Gasteiger partial charge is 0.217 e. The topological polar surface area (TPSA) is 132 Å². The molecule has 4 N–H and O–H groups in total. The van der Waals surface area contributed by atoms with Crippen molar-refractivity contribution in [2.24, 2.45) is 0 Å². The summed E-state index contributed by atoms with van der Waals surface area (Å²) in [6.07, 6.45) is -4.76. The highest BCUT2D eigenvalue weighted by Crippen LogP contribution is 2.22. The zero-order chi connectivity index (χ0) is 13.7. The van der Waals surface area contributed by atoms with Gasteiger partial charge in [-0.25, -0.2) is 0 Å². The molecule has 1 aliphatic rings. The minimum Gasteiger partial charge on any atom is -0.394 e. The minimum absolute atomic E-state index is 0.317. The average Bonchev–Trinajstić information content (AvgIpc) is 2.32. The maximum Gasteiger partial charge on any atom is 0.217 e. The second-order valence-electron chi connectivity index (χ2n) is 3.90. The van der Waals surface area contributed by atoms with E-state index in [4.69, 9.17) is 19.8 Å². The molecule has 102 valence electrons. The van der Waals surface area contributed by atoms with Crippen molar-refractivity contribution in [1.82, 2.24) is 5.32 Å². The number of hydrogen-bond donors (Lipinski definition) is 4. The highest BCUT2D eigenvalue weighted by atomic mass is 16.6. The number of nitriles is 1. The molecule has 5 atom stereocenters. The first-order valence-electron chi connectivity index (χ1n) is 5.39. The summed E-state index contributed by atoms with van der Waals surface area (Å²) in [7, 11) is 0. The number of carbonyl (C=O) groups is 1. The molecule has 1 aliphatic heterocycles. The zero-order valence-electron chi connectivity index (χ0n) is 9.81. The maximum absolute atomic E-state index is 11.0. The van der Waals surface area contributed by atoms with Gasteiger partial charge in [0.1, 0.15) is 31.0 Å². The second-order valence-corrected chi connectivity index (χ2v) is 3.90. The molecule has 0 radical (unpaired) electrons. The lowest BCUT2D eigenvalue weighted by Crippen LogP contribution is -2.64. The van der Waals surface area contributed by atoms with Crippen LogP contribution in [0, 0.1) is 11.3 Å². The normalized spacial score (nSPS) is 35.8. The standard InChI is InChI=1S/C10H16N2O6/c1-5(14)12-7-9(17-3-2-11)8(15)6(4-13)18-10(7)16/h6-10,13,15-16H,3-4H2,1H3,(H,12,14)/t6?,7-,8+,9?,10+/m1/s1. The van der Waals surface area contributed by atoms with Crippen molar-refractivity contribution in [2.75, 3.05) is 13.2 Å². The molecule has 0 aromatic carbocycles. The molecular weight excluding hydrogens is 244 g/mol. The summed E-state index contributed by atoms with van der Waals surface area (Å²) < 4.78 is 10.0. The van der Waals surface area contributed by atoms with Gasteiger partial charge in [0.05, 0.1) is 12.7 Å². The first-order chi connectivity index (χ1) is 8.51. The fourth-order valence-electron chi connectivity index (χ4n) is 1.81. The summed E-state index contributed by atoms with van der Waals surface area (Å²) in [5, 5.41) is 39.4. The van der Waals surface area contributed by atoms with Gasteiger partial charge < -0.3 is 30.1 Å². The molecule has 18 heavy (non-hydrogen) atoms. The van der Waals surface area contributed by atoms with Gasteiger partial charge in [-0.2, -0.15) is 5.26 Å². The Balaban J connectivity index is 2.83. The fourth-order valence-corrected chi connectivity index (χ4v) is 1.81. The van der Waals surface area contributed by atoms with Gasteiger partial charge in [-0.3, -0.25) is 4.79 Å². The zero-order valence-corrected chi connectivity index (χ0v) is 9.81. The van der Waals surface area contributed by atoms with E-state index >= 15 is 0 Å². The van der Waals surface area contributed by atoms with E-state index in [2.05, 4.69) is 5.32 Å². The molecule has 2 unspecified atom stereocenters. The van der Waals surface area contributed by atoms with Crippen molar-refractivity contribution >= 4 is 5.91 Å². The number of nitrogens with one attached hydrogen (secondary N) is 1. The van der Waals surface area contributed by atoms with E-state index in [1.165, 1.54) is 6.92 Å². The summed E-state index contributed by atoms with van der Waals surface area (Å²) in [6.45, 7) is 0.401. The van der Waals surface area contributed by atoms with Gasteiger partial charge in [-0.05, 0) is 0 Å². The highest BCUT2D eigenvalue weighted by Gasteiger charge is 2.45. The van der Waals surface area contributed by atoms with Crippen molar-refractivity contribution < 1.29 is 29.6 Å². The third-order valence-electron chi connectivity index (χ3n) is 2.58. The van der Waals surface area contributed by atoms with E-state index < -0.39 is 43.2 Å². The van der Waals surface area contributed by atoms with E-state index in [1.807, 2.05) is 0 Å². The lowest BCUT2D eigenvalue weighted by atomic mass is 9.96. The Morgan fingerprint density at radius 3 is 2.72 bits per heavy atom. The number of carbonyl (C=O) groups excluding carboxylic acids is 1. The van der Waals surface area contributed by atoms with Crippen LogP contribution in [0.15, 0.2) is 0 Å². The van der Waals surface area contributed by atoms with Crippen LogP contribution in [0.2, 0.25) is 0 Å². The van der Waals surface area contributed by atoms with Crippen molar-refractivity contribution in [3.63, 3.8) is 0 Å². The van der Waals surface area contributed by atoms with E-state index in [9.17, 15) is 15.0 Å². The first-order valence-corrected chi connectivity index (χ1v) is 5.39. The third-order valence-corrected chi connectivity index (χ3v) is 2.58. The SMILES string of the molecule is CC(=O)N[C@@H]1C(OCC#N)[C@@H](O)C(CO)O[C@@H]1O. The van der Waals surface area contributed by atoms with Crippen LogP contribution in [0.4, 0.5) is 0 Å². The lowest BCUT2D eigenvalue weighted by molar-refractivity contribution is -0.260. The molecule has 1 amide bonds. The van der Waals surface area contributed by atoms with Crippen LogP contribution in [-0.4, -0.2) is 65.1 Å². The summed E-state index contributed by atoms with van der Waals surface area (Å²) >= 11 is 0. The largest absolute Gasteiger partial charge is 0.394 e. The van der Waals surface area contributed by atoms with E-state index in [0.29, 0.717) is 0 Å². The van der Waals surface area contributed by atoms with Gasteiger partial charge in [0.25, 0.3) is 0 Å². The Hall–Kier alpha value is -1.24. The van der Waals surface area contributed by atoms with Crippen LogP contribution in [0.5, 0.6) is 0 Å². The molecule has 1 saturated heterocycles. The van der Waals surface area contributed by atoms with Crippen molar-refractivity contribution in [3.8, 4) is 6.07 Å². The molecule has 0 saturated carbocycles. The van der Waals surface area contributed by atoms with E-state index in [-0.39, 0.29) is 6.61 Å². The van der Waals surface area contributed by atoms with Crippen LogP contribution < -0.4 is 5.32 Å². The number of hydrogen-bond acceptors (Lipinski definition) is 7. The van der Waals surface area contributed by atoms with E-state index in [1.54, 1.807) is 6.07 Å². The molecule has 0 aromatic heterocycles. The molecule has 1 rings (SSSR count).